The van der Waals surface area contributed by atoms with Gasteiger partial charge in [0.05, 0.1) is 46.0 Å². The lowest BCUT2D eigenvalue weighted by Crippen LogP contribution is -2.50. The van der Waals surface area contributed by atoms with Crippen LogP contribution in [0.4, 0.5) is 5.69 Å². The first kappa shape index (κ1) is 37.7. The lowest BCUT2D eigenvalue weighted by Gasteiger charge is -2.32. The van der Waals surface area contributed by atoms with Gasteiger partial charge in [0.25, 0.3) is 0 Å². The number of hydrogen-bond donors (Lipinski definition) is 5. The summed E-state index contributed by atoms with van der Waals surface area (Å²) in [6.45, 7) is 6.66. The Balaban J connectivity index is 1.81. The van der Waals surface area contributed by atoms with E-state index in [9.17, 15) is 34.5 Å². The molecule has 15 heteroatoms. The minimum atomic E-state index is -1.01. The normalized spacial score (nSPS) is 16.3. The van der Waals surface area contributed by atoms with Crippen molar-refractivity contribution in [3.63, 3.8) is 0 Å². The molecule has 0 atom stereocenters. The highest BCUT2D eigenvalue weighted by Gasteiger charge is 2.21. The molecule has 0 saturated carbocycles. The van der Waals surface area contributed by atoms with Gasteiger partial charge in [-0.15, -0.1) is 0 Å². The molecule has 45 heavy (non-hydrogen) atoms. The number of carbonyl (C=O) groups excluding carboxylic acids is 1. The molecule has 0 aromatic heterocycles. The van der Waals surface area contributed by atoms with Gasteiger partial charge in [-0.25, -0.2) is 0 Å². The maximum Gasteiger partial charge on any atom is 0.317 e. The third kappa shape index (κ3) is 18.2. The van der Waals surface area contributed by atoms with Crippen molar-refractivity contribution in [1.29, 1.82) is 0 Å². The van der Waals surface area contributed by atoms with Crippen molar-refractivity contribution in [2.24, 2.45) is 0 Å². The van der Waals surface area contributed by atoms with Crippen molar-refractivity contribution in [1.82, 2.24) is 24.9 Å². The van der Waals surface area contributed by atoms with Crippen molar-refractivity contribution in [3.8, 4) is 5.75 Å². The van der Waals surface area contributed by atoms with E-state index in [1.807, 2.05) is 29.2 Å². The highest BCUT2D eigenvalue weighted by molar-refractivity contribution is 5.78. The standard InChI is InChI=1S/C30H50N6O9/c1-2-3-17-45-26-6-4-5-25(20-26)31-7-18-44-19-8-32-27(37)21-33-9-11-34(22-28(38)39)13-15-36(24-30(42)43)16-14-35(12-10-33)23-29(40)41/h4-6,20,31H,2-3,7-19,21-24H2,1H3,(H,32,37)(H,38,39)(H,40,41)(H,42,43). The summed E-state index contributed by atoms with van der Waals surface area (Å²) in [7, 11) is 0. The van der Waals surface area contributed by atoms with Gasteiger partial charge in [0.15, 0.2) is 0 Å². The first-order valence-corrected chi connectivity index (χ1v) is 15.5. The average molecular weight is 639 g/mol. The van der Waals surface area contributed by atoms with E-state index in [2.05, 4.69) is 17.6 Å². The SMILES string of the molecule is CCCCOc1cccc(NCCOCCNC(=O)CN2CCN(CC(=O)O)CCN(CC(=O)O)CCN(CC(=O)O)CC2)c1. The van der Waals surface area contributed by atoms with Gasteiger partial charge in [-0.2, -0.15) is 0 Å². The number of ether oxygens (including phenoxy) is 2. The molecule has 0 spiro atoms. The van der Waals surface area contributed by atoms with Crippen LogP contribution in [0.3, 0.4) is 0 Å². The second kappa shape index (κ2) is 22.1. The van der Waals surface area contributed by atoms with Crippen molar-refractivity contribution in [2.45, 2.75) is 19.8 Å². The van der Waals surface area contributed by atoms with Gasteiger partial charge >= 0.3 is 17.9 Å². The molecule has 1 aromatic rings. The van der Waals surface area contributed by atoms with Gasteiger partial charge in [0.2, 0.25) is 5.91 Å². The van der Waals surface area contributed by atoms with Gasteiger partial charge in [0.1, 0.15) is 5.75 Å². The molecule has 1 aliphatic heterocycles. The van der Waals surface area contributed by atoms with Gasteiger partial charge in [0, 0.05) is 77.2 Å². The molecule has 1 saturated heterocycles. The Morgan fingerprint density at radius 2 is 1.20 bits per heavy atom. The van der Waals surface area contributed by atoms with Crippen LogP contribution in [0.2, 0.25) is 0 Å². The molecule has 1 heterocycles. The van der Waals surface area contributed by atoms with Crippen molar-refractivity contribution < 1.29 is 44.0 Å². The number of unbranched alkanes of at least 4 members (excludes halogenated alkanes) is 1. The van der Waals surface area contributed by atoms with Crippen LogP contribution in [-0.4, -0.2) is 170 Å². The number of nitrogens with one attached hydrogen (secondary N) is 2. The number of rotatable bonds is 19. The van der Waals surface area contributed by atoms with Crippen LogP contribution in [0, 0.1) is 0 Å². The summed E-state index contributed by atoms with van der Waals surface area (Å²) in [4.78, 5) is 53.9. The zero-order valence-corrected chi connectivity index (χ0v) is 26.3. The molecule has 0 unspecified atom stereocenters. The van der Waals surface area contributed by atoms with E-state index >= 15 is 0 Å². The lowest BCUT2D eigenvalue weighted by atomic mass is 10.3. The highest BCUT2D eigenvalue weighted by atomic mass is 16.5. The third-order valence-corrected chi connectivity index (χ3v) is 7.12. The molecular formula is C30H50N6O9. The Morgan fingerprint density at radius 1 is 0.711 bits per heavy atom. The summed E-state index contributed by atoms with van der Waals surface area (Å²) in [5.41, 5.74) is 0.938. The van der Waals surface area contributed by atoms with Crippen LogP contribution in [0.1, 0.15) is 19.8 Å². The van der Waals surface area contributed by atoms with Gasteiger partial charge in [-0.3, -0.25) is 38.8 Å². The highest BCUT2D eigenvalue weighted by Crippen LogP contribution is 2.17. The summed E-state index contributed by atoms with van der Waals surface area (Å²) in [5, 5.41) is 34.1. The Kier molecular flexibility index (Phi) is 18.5. The van der Waals surface area contributed by atoms with E-state index in [-0.39, 0.29) is 32.1 Å². The predicted octanol–water partition coefficient (Wildman–Crippen LogP) is -0.114. The van der Waals surface area contributed by atoms with E-state index in [4.69, 9.17) is 9.47 Å². The smallest absolute Gasteiger partial charge is 0.317 e. The number of nitrogens with zero attached hydrogens (tertiary/aromatic N) is 4. The largest absolute Gasteiger partial charge is 0.494 e. The predicted molar refractivity (Wildman–Crippen MR) is 168 cm³/mol. The fourth-order valence-electron chi connectivity index (χ4n) is 4.71. The fraction of sp³-hybridized carbons (Fsp3) is 0.667. The second-order valence-electron chi connectivity index (χ2n) is 10.9. The number of carboxylic acid groups (broad SMARTS) is 3. The fourth-order valence-corrected chi connectivity index (χ4v) is 4.71. The molecule has 254 valence electrons. The number of carbonyl (C=O) groups is 4. The number of anilines is 1. The van der Waals surface area contributed by atoms with Crippen molar-refractivity contribution in [3.05, 3.63) is 24.3 Å². The minimum absolute atomic E-state index is 0.0607. The molecule has 1 aliphatic rings. The van der Waals surface area contributed by atoms with Crippen LogP contribution in [-0.2, 0) is 23.9 Å². The molecule has 0 aliphatic carbocycles. The van der Waals surface area contributed by atoms with E-state index in [1.54, 1.807) is 14.7 Å². The molecule has 1 amide bonds. The van der Waals surface area contributed by atoms with Crippen LogP contribution < -0.4 is 15.4 Å². The topological polar surface area (TPSA) is 184 Å². The zero-order valence-electron chi connectivity index (χ0n) is 26.3. The maximum atomic E-state index is 12.7. The van der Waals surface area contributed by atoms with E-state index in [0.29, 0.717) is 85.3 Å². The Labute approximate surface area is 265 Å². The summed E-state index contributed by atoms with van der Waals surface area (Å²) in [6.07, 6.45) is 2.08. The zero-order chi connectivity index (χ0) is 32.9. The van der Waals surface area contributed by atoms with E-state index in [1.165, 1.54) is 0 Å². The number of carboxylic acids is 3. The van der Waals surface area contributed by atoms with Gasteiger partial charge in [-0.05, 0) is 18.6 Å². The quantitative estimate of drug-likeness (QED) is 0.126. The third-order valence-electron chi connectivity index (χ3n) is 7.12. The molecule has 2 rings (SSSR count). The minimum Gasteiger partial charge on any atom is -0.494 e. The maximum absolute atomic E-state index is 12.7. The molecule has 0 bridgehead atoms. The Morgan fingerprint density at radius 3 is 1.69 bits per heavy atom. The molecule has 1 fully saturated rings. The first-order valence-electron chi connectivity index (χ1n) is 15.5. The van der Waals surface area contributed by atoms with Crippen LogP contribution >= 0.6 is 0 Å². The van der Waals surface area contributed by atoms with E-state index in [0.717, 1.165) is 24.3 Å². The van der Waals surface area contributed by atoms with Crippen molar-refractivity contribution >= 4 is 29.5 Å². The summed E-state index contributed by atoms with van der Waals surface area (Å²) in [5.74, 6) is -2.40. The van der Waals surface area contributed by atoms with E-state index < -0.39 is 17.9 Å². The lowest BCUT2D eigenvalue weighted by molar-refractivity contribution is -0.140. The molecular weight excluding hydrogens is 588 g/mol. The van der Waals surface area contributed by atoms with Crippen molar-refractivity contribution in [2.75, 3.05) is 117 Å². The summed E-state index contributed by atoms with van der Waals surface area (Å²) in [6, 6.07) is 7.76. The Hall–Kier alpha value is -3.50. The average Bonchev–Trinajstić information content (AvgIpc) is 2.97. The summed E-state index contributed by atoms with van der Waals surface area (Å²) >= 11 is 0. The number of amides is 1. The molecule has 0 radical (unpaired) electrons. The van der Waals surface area contributed by atoms with Crippen LogP contribution in [0.5, 0.6) is 5.75 Å². The number of hydrogen-bond acceptors (Lipinski definition) is 11. The van der Waals surface area contributed by atoms with Crippen LogP contribution in [0.15, 0.2) is 24.3 Å². The van der Waals surface area contributed by atoms with Gasteiger partial charge in [-0.1, -0.05) is 19.4 Å². The second-order valence-corrected chi connectivity index (χ2v) is 10.9. The first-order chi connectivity index (χ1) is 21.6. The van der Waals surface area contributed by atoms with Crippen LogP contribution in [0.25, 0.3) is 0 Å². The number of benzene rings is 1. The number of aliphatic carboxylic acids is 3. The molecule has 5 N–H and O–H groups in total. The summed E-state index contributed by atoms with van der Waals surface area (Å²) < 4.78 is 11.4. The van der Waals surface area contributed by atoms with Gasteiger partial charge < -0.3 is 35.4 Å². The monoisotopic (exact) mass is 638 g/mol. The molecule has 15 nitrogen and oxygen atoms in total. The Bertz CT molecular complexity index is 1010. The molecule has 1 aromatic carbocycles.